The third-order valence-corrected chi connectivity index (χ3v) is 4.06. The number of allylic oxidation sites excluding steroid dienone is 2. The fourth-order valence-corrected chi connectivity index (χ4v) is 2.83. The van der Waals surface area contributed by atoms with Gasteiger partial charge in [0.25, 0.3) is 5.91 Å². The second kappa shape index (κ2) is 7.87. The van der Waals surface area contributed by atoms with Gasteiger partial charge in [0.15, 0.2) is 0 Å². The van der Waals surface area contributed by atoms with Crippen LogP contribution in [0.2, 0.25) is 0 Å². The van der Waals surface area contributed by atoms with Gasteiger partial charge in [0.05, 0.1) is 0 Å². The summed E-state index contributed by atoms with van der Waals surface area (Å²) in [6, 6.07) is 13.5. The van der Waals surface area contributed by atoms with E-state index in [1.54, 1.807) is 48.5 Å². The van der Waals surface area contributed by atoms with Crippen molar-refractivity contribution in [3.8, 4) is 0 Å². The van der Waals surface area contributed by atoms with Crippen molar-refractivity contribution in [2.45, 2.75) is 19.9 Å². The van der Waals surface area contributed by atoms with E-state index < -0.39 is 23.5 Å². The Hall–Kier alpha value is -3.74. The smallest absolute Gasteiger partial charge is 0.326 e. The van der Waals surface area contributed by atoms with E-state index in [-0.39, 0.29) is 28.6 Å². The molecule has 7 heteroatoms. The summed E-state index contributed by atoms with van der Waals surface area (Å²) in [4.78, 5) is 50.2. The van der Waals surface area contributed by atoms with E-state index in [4.69, 9.17) is 0 Å². The van der Waals surface area contributed by atoms with Crippen molar-refractivity contribution >= 4 is 23.5 Å². The zero-order valence-corrected chi connectivity index (χ0v) is 15.4. The minimum absolute atomic E-state index is 0.000935. The molecule has 0 saturated carbocycles. The highest BCUT2D eigenvalue weighted by molar-refractivity contribution is 6.27. The first-order valence-electron chi connectivity index (χ1n) is 8.75. The normalized spacial score (nSPS) is 13.2. The molecule has 0 atom stereocenters. The summed E-state index contributed by atoms with van der Waals surface area (Å²) in [5.41, 5.74) is 0.578. The van der Waals surface area contributed by atoms with Crippen molar-refractivity contribution in [3.05, 3.63) is 82.7 Å². The van der Waals surface area contributed by atoms with E-state index in [0.29, 0.717) is 5.56 Å². The second-order valence-electron chi connectivity index (χ2n) is 6.53. The Morgan fingerprint density at radius 1 is 0.786 bits per heavy atom. The minimum Gasteiger partial charge on any atom is -0.378 e. The van der Waals surface area contributed by atoms with Gasteiger partial charge in [0.2, 0.25) is 11.6 Å². The Balaban J connectivity index is 1.88. The molecule has 0 fully saturated rings. The van der Waals surface area contributed by atoms with Crippen molar-refractivity contribution in [3.63, 3.8) is 0 Å². The predicted molar refractivity (Wildman–Crippen MR) is 103 cm³/mol. The molecule has 0 radical (unpaired) electrons. The maximum absolute atomic E-state index is 12.9. The Morgan fingerprint density at radius 2 is 1.32 bits per heavy atom. The number of carbonyl (C=O) groups is 4. The number of nitrogens with one attached hydrogen (secondary N) is 3. The SMILES string of the molecule is CC(C)NC1=C(NC(=O)NC(=O)c2ccccc2)C(=O)c2ccccc2C1=O. The lowest BCUT2D eigenvalue weighted by atomic mass is 9.90. The van der Waals surface area contributed by atoms with E-state index >= 15 is 0 Å². The Morgan fingerprint density at radius 3 is 1.89 bits per heavy atom. The van der Waals surface area contributed by atoms with Gasteiger partial charge in [-0.3, -0.25) is 19.7 Å². The molecule has 2 aromatic rings. The number of imide groups is 1. The third-order valence-electron chi connectivity index (χ3n) is 4.06. The van der Waals surface area contributed by atoms with Crippen molar-refractivity contribution in [1.29, 1.82) is 0 Å². The molecule has 7 nitrogen and oxygen atoms in total. The van der Waals surface area contributed by atoms with Gasteiger partial charge in [0, 0.05) is 22.7 Å². The Bertz CT molecular complexity index is 994. The highest BCUT2D eigenvalue weighted by atomic mass is 16.2. The minimum atomic E-state index is -0.896. The lowest BCUT2D eigenvalue weighted by molar-refractivity contribution is 0.0952. The van der Waals surface area contributed by atoms with Crippen LogP contribution in [0.4, 0.5) is 4.79 Å². The van der Waals surface area contributed by atoms with Gasteiger partial charge < -0.3 is 10.6 Å². The van der Waals surface area contributed by atoms with Gasteiger partial charge in [-0.05, 0) is 26.0 Å². The van der Waals surface area contributed by atoms with Gasteiger partial charge in [-0.15, -0.1) is 0 Å². The molecule has 3 amide bonds. The third kappa shape index (κ3) is 3.83. The molecule has 0 spiro atoms. The summed E-state index contributed by atoms with van der Waals surface area (Å²) in [5.74, 6) is -1.51. The number of Topliss-reactive ketones (excluding diaryl/α,β-unsaturated/α-hetero) is 2. The molecule has 142 valence electrons. The maximum Gasteiger partial charge on any atom is 0.326 e. The molecule has 0 aliphatic heterocycles. The lowest BCUT2D eigenvalue weighted by Crippen LogP contribution is -2.45. The predicted octanol–water partition coefficient (Wildman–Crippen LogP) is 2.41. The Kier molecular flexibility index (Phi) is 5.35. The maximum atomic E-state index is 12.9. The summed E-state index contributed by atoms with van der Waals surface area (Å²) in [7, 11) is 0. The van der Waals surface area contributed by atoms with Crippen molar-refractivity contribution in [1.82, 2.24) is 16.0 Å². The largest absolute Gasteiger partial charge is 0.378 e. The van der Waals surface area contributed by atoms with Crippen LogP contribution in [0.25, 0.3) is 0 Å². The molecule has 28 heavy (non-hydrogen) atoms. The van der Waals surface area contributed by atoms with Crippen LogP contribution in [-0.2, 0) is 0 Å². The summed E-state index contributed by atoms with van der Waals surface area (Å²) in [6.45, 7) is 3.61. The van der Waals surface area contributed by atoms with E-state index in [1.807, 2.05) is 13.8 Å². The van der Waals surface area contributed by atoms with E-state index in [2.05, 4.69) is 16.0 Å². The lowest BCUT2D eigenvalue weighted by Gasteiger charge is -2.23. The van der Waals surface area contributed by atoms with Crippen LogP contribution in [-0.4, -0.2) is 29.5 Å². The average molecular weight is 377 g/mol. The monoisotopic (exact) mass is 377 g/mol. The quantitative estimate of drug-likeness (QED) is 0.759. The zero-order valence-electron chi connectivity index (χ0n) is 15.4. The molecule has 3 N–H and O–H groups in total. The van der Waals surface area contributed by atoms with E-state index in [1.165, 1.54) is 6.07 Å². The summed E-state index contributed by atoms with van der Waals surface area (Å²) in [5, 5.41) is 7.46. The number of hydrogen-bond donors (Lipinski definition) is 3. The highest BCUT2D eigenvalue weighted by Gasteiger charge is 2.33. The number of amides is 3. The van der Waals surface area contributed by atoms with Crippen LogP contribution in [0.5, 0.6) is 0 Å². The number of fused-ring (bicyclic) bond motifs is 1. The molecule has 0 bridgehead atoms. The highest BCUT2D eigenvalue weighted by Crippen LogP contribution is 2.24. The molecule has 1 aliphatic rings. The van der Waals surface area contributed by atoms with Gasteiger partial charge in [0.1, 0.15) is 11.4 Å². The van der Waals surface area contributed by atoms with Crippen LogP contribution < -0.4 is 16.0 Å². The molecule has 0 heterocycles. The van der Waals surface area contributed by atoms with Gasteiger partial charge >= 0.3 is 6.03 Å². The molecule has 1 aliphatic carbocycles. The molecular weight excluding hydrogens is 358 g/mol. The first kappa shape index (κ1) is 19.0. The summed E-state index contributed by atoms with van der Waals surface area (Å²) < 4.78 is 0. The second-order valence-corrected chi connectivity index (χ2v) is 6.53. The molecule has 0 aromatic heterocycles. The summed E-state index contributed by atoms with van der Waals surface area (Å²) in [6.07, 6.45) is 0. The Labute approximate surface area is 161 Å². The fourth-order valence-electron chi connectivity index (χ4n) is 2.83. The zero-order chi connectivity index (χ0) is 20.3. The van der Waals surface area contributed by atoms with Crippen LogP contribution in [0.3, 0.4) is 0 Å². The fraction of sp³-hybridized carbons (Fsp3) is 0.143. The molecule has 0 unspecified atom stereocenters. The topological polar surface area (TPSA) is 104 Å². The van der Waals surface area contributed by atoms with Crippen molar-refractivity contribution in [2.24, 2.45) is 0 Å². The number of urea groups is 1. The number of rotatable bonds is 4. The van der Waals surface area contributed by atoms with Crippen LogP contribution in [0, 0.1) is 0 Å². The van der Waals surface area contributed by atoms with Gasteiger partial charge in [-0.2, -0.15) is 0 Å². The number of benzene rings is 2. The van der Waals surface area contributed by atoms with Gasteiger partial charge in [-0.25, -0.2) is 4.79 Å². The van der Waals surface area contributed by atoms with Gasteiger partial charge in [-0.1, -0.05) is 42.5 Å². The first-order chi connectivity index (χ1) is 13.4. The number of carbonyl (C=O) groups excluding carboxylic acids is 4. The standard InChI is InChI=1S/C21H19N3O4/c1-12(2)22-16-17(19(26)15-11-7-6-10-14(15)18(16)25)23-21(28)24-20(27)13-8-4-3-5-9-13/h3-12,22H,1-2H3,(H2,23,24,27,28). The molecule has 3 rings (SSSR count). The molecular formula is C21H19N3O4. The average Bonchev–Trinajstić information content (AvgIpc) is 2.69. The summed E-state index contributed by atoms with van der Waals surface area (Å²) >= 11 is 0. The van der Waals surface area contributed by atoms with Crippen LogP contribution in [0.1, 0.15) is 44.9 Å². The number of hydrogen-bond acceptors (Lipinski definition) is 5. The van der Waals surface area contributed by atoms with Crippen LogP contribution >= 0.6 is 0 Å². The van der Waals surface area contributed by atoms with Crippen LogP contribution in [0.15, 0.2) is 66.0 Å². The van der Waals surface area contributed by atoms with E-state index in [9.17, 15) is 19.2 Å². The van der Waals surface area contributed by atoms with Crippen molar-refractivity contribution < 1.29 is 19.2 Å². The first-order valence-corrected chi connectivity index (χ1v) is 8.75. The number of ketones is 2. The van der Waals surface area contributed by atoms with Crippen molar-refractivity contribution in [2.75, 3.05) is 0 Å². The molecule has 2 aromatic carbocycles. The van der Waals surface area contributed by atoms with E-state index in [0.717, 1.165) is 0 Å². The molecule has 0 saturated heterocycles.